The van der Waals surface area contributed by atoms with E-state index in [2.05, 4.69) is 26.9 Å². The molecule has 0 amide bonds. The lowest BCUT2D eigenvalue weighted by Crippen LogP contribution is -2.46. The van der Waals surface area contributed by atoms with Crippen molar-refractivity contribution in [2.45, 2.75) is 45.1 Å². The number of nitrogens with one attached hydrogen (secondary N) is 1. The van der Waals surface area contributed by atoms with Gasteiger partial charge in [-0.3, -0.25) is 9.89 Å². The molecular formula is C19H37N5O. The van der Waals surface area contributed by atoms with Gasteiger partial charge in [-0.2, -0.15) is 0 Å². The van der Waals surface area contributed by atoms with Crippen molar-refractivity contribution >= 4 is 5.96 Å². The summed E-state index contributed by atoms with van der Waals surface area (Å²) in [6.45, 7) is 13.8. The van der Waals surface area contributed by atoms with E-state index >= 15 is 0 Å². The highest BCUT2D eigenvalue weighted by Crippen LogP contribution is 2.17. The number of nitrogens with zero attached hydrogens (tertiary/aromatic N) is 4. The van der Waals surface area contributed by atoms with Gasteiger partial charge in [0.25, 0.3) is 0 Å². The maximum Gasteiger partial charge on any atom is 0.194 e. The largest absolute Gasteiger partial charge is 0.379 e. The number of hydrogen-bond acceptors (Lipinski definition) is 4. The van der Waals surface area contributed by atoms with Crippen LogP contribution in [0.5, 0.6) is 0 Å². The lowest BCUT2D eigenvalue weighted by molar-refractivity contribution is 0.0195. The van der Waals surface area contributed by atoms with Gasteiger partial charge in [-0.15, -0.1) is 0 Å². The van der Waals surface area contributed by atoms with Gasteiger partial charge in [0.2, 0.25) is 0 Å². The van der Waals surface area contributed by atoms with Gasteiger partial charge in [-0.1, -0.05) is 12.8 Å². The number of guanidine groups is 1. The molecule has 0 spiro atoms. The van der Waals surface area contributed by atoms with Crippen LogP contribution in [0.3, 0.4) is 0 Å². The van der Waals surface area contributed by atoms with Crippen LogP contribution in [0.2, 0.25) is 0 Å². The molecule has 0 aliphatic carbocycles. The van der Waals surface area contributed by atoms with Crippen molar-refractivity contribution in [2.24, 2.45) is 4.99 Å². The zero-order valence-electron chi connectivity index (χ0n) is 16.1. The summed E-state index contributed by atoms with van der Waals surface area (Å²) in [4.78, 5) is 12.6. The molecule has 3 aliphatic rings. The monoisotopic (exact) mass is 351 g/mol. The van der Waals surface area contributed by atoms with Crippen LogP contribution in [0, 0.1) is 0 Å². The van der Waals surface area contributed by atoms with Gasteiger partial charge in [0.05, 0.1) is 19.8 Å². The van der Waals surface area contributed by atoms with E-state index in [1.165, 1.54) is 45.2 Å². The minimum absolute atomic E-state index is 0.665. The fraction of sp³-hybridized carbons (Fsp3) is 0.947. The van der Waals surface area contributed by atoms with E-state index < -0.39 is 0 Å². The van der Waals surface area contributed by atoms with E-state index in [1.54, 1.807) is 0 Å². The highest BCUT2D eigenvalue weighted by atomic mass is 16.5. The molecule has 1 atom stereocenters. The fourth-order valence-corrected chi connectivity index (χ4v) is 4.26. The zero-order chi connectivity index (χ0) is 17.3. The molecule has 0 bridgehead atoms. The van der Waals surface area contributed by atoms with Crippen molar-refractivity contribution in [2.75, 3.05) is 72.1 Å². The predicted molar refractivity (Wildman–Crippen MR) is 103 cm³/mol. The first-order valence-corrected chi connectivity index (χ1v) is 10.4. The summed E-state index contributed by atoms with van der Waals surface area (Å²) < 4.78 is 5.50. The first-order valence-electron chi connectivity index (χ1n) is 10.4. The number of ether oxygens (including phenoxy) is 1. The van der Waals surface area contributed by atoms with Crippen molar-refractivity contribution in [3.05, 3.63) is 0 Å². The second kappa shape index (κ2) is 10.3. The molecule has 0 aromatic heterocycles. The summed E-state index contributed by atoms with van der Waals surface area (Å²) >= 11 is 0. The Hall–Kier alpha value is -0.850. The van der Waals surface area contributed by atoms with Gasteiger partial charge in [0.1, 0.15) is 0 Å². The Bertz CT molecular complexity index is 403. The van der Waals surface area contributed by atoms with Crippen LogP contribution in [0.1, 0.15) is 39.0 Å². The lowest BCUT2D eigenvalue weighted by Gasteiger charge is -2.32. The van der Waals surface area contributed by atoms with Crippen molar-refractivity contribution in [1.29, 1.82) is 0 Å². The third-order valence-electron chi connectivity index (χ3n) is 5.74. The summed E-state index contributed by atoms with van der Waals surface area (Å²) in [5.41, 5.74) is 0. The number of likely N-dealkylation sites (tertiary alicyclic amines) is 2. The van der Waals surface area contributed by atoms with Crippen molar-refractivity contribution in [1.82, 2.24) is 20.0 Å². The van der Waals surface area contributed by atoms with Crippen molar-refractivity contribution < 1.29 is 4.74 Å². The minimum Gasteiger partial charge on any atom is -0.379 e. The topological polar surface area (TPSA) is 43.3 Å². The first kappa shape index (κ1) is 18.9. The van der Waals surface area contributed by atoms with E-state index in [0.717, 1.165) is 65.0 Å². The van der Waals surface area contributed by atoms with Gasteiger partial charge < -0.3 is 19.9 Å². The molecule has 3 fully saturated rings. The number of rotatable bonds is 5. The summed E-state index contributed by atoms with van der Waals surface area (Å²) in [7, 11) is 0. The van der Waals surface area contributed by atoms with E-state index in [-0.39, 0.29) is 0 Å². The van der Waals surface area contributed by atoms with Crippen LogP contribution in [0.15, 0.2) is 4.99 Å². The Balaban J connectivity index is 1.48. The molecule has 3 saturated heterocycles. The summed E-state index contributed by atoms with van der Waals surface area (Å²) in [5, 5.41) is 3.51. The van der Waals surface area contributed by atoms with Gasteiger partial charge in [-0.25, -0.2) is 0 Å². The molecule has 3 heterocycles. The molecule has 25 heavy (non-hydrogen) atoms. The third-order valence-corrected chi connectivity index (χ3v) is 5.74. The SMILES string of the molecule is CCNC(=NCCN1CCCCCC1)N1CCC(N2CCOCC2)C1. The highest BCUT2D eigenvalue weighted by molar-refractivity contribution is 5.80. The summed E-state index contributed by atoms with van der Waals surface area (Å²) in [6, 6.07) is 0.665. The van der Waals surface area contributed by atoms with E-state index in [4.69, 9.17) is 9.73 Å². The lowest BCUT2D eigenvalue weighted by atomic mass is 10.2. The van der Waals surface area contributed by atoms with Gasteiger partial charge >= 0.3 is 0 Å². The summed E-state index contributed by atoms with van der Waals surface area (Å²) in [5.74, 6) is 1.12. The fourth-order valence-electron chi connectivity index (χ4n) is 4.26. The van der Waals surface area contributed by atoms with Gasteiger partial charge in [0.15, 0.2) is 5.96 Å². The molecule has 1 N–H and O–H groups in total. The van der Waals surface area contributed by atoms with E-state index in [0.29, 0.717) is 6.04 Å². The smallest absolute Gasteiger partial charge is 0.194 e. The van der Waals surface area contributed by atoms with Gasteiger partial charge in [-0.05, 0) is 39.3 Å². The third kappa shape index (κ3) is 5.83. The quantitative estimate of drug-likeness (QED) is 0.596. The molecule has 0 saturated carbocycles. The Morgan fingerprint density at radius 3 is 2.52 bits per heavy atom. The van der Waals surface area contributed by atoms with Crippen LogP contribution in [0.25, 0.3) is 0 Å². The number of hydrogen-bond donors (Lipinski definition) is 1. The molecule has 0 aromatic carbocycles. The minimum atomic E-state index is 0.665. The number of morpholine rings is 1. The Morgan fingerprint density at radius 2 is 1.80 bits per heavy atom. The average molecular weight is 352 g/mol. The Labute approximate surface area is 153 Å². The molecule has 3 aliphatic heterocycles. The Morgan fingerprint density at radius 1 is 1.04 bits per heavy atom. The van der Waals surface area contributed by atoms with E-state index in [1.807, 2.05) is 0 Å². The normalized spacial score (nSPS) is 27.5. The predicted octanol–water partition coefficient (Wildman–Crippen LogP) is 1.23. The van der Waals surface area contributed by atoms with Crippen LogP contribution < -0.4 is 5.32 Å². The van der Waals surface area contributed by atoms with E-state index in [9.17, 15) is 0 Å². The first-order chi connectivity index (χ1) is 12.4. The average Bonchev–Trinajstić information content (AvgIpc) is 3.00. The second-order valence-electron chi connectivity index (χ2n) is 7.53. The van der Waals surface area contributed by atoms with Crippen molar-refractivity contribution in [3.8, 4) is 0 Å². The molecule has 144 valence electrons. The van der Waals surface area contributed by atoms with Crippen LogP contribution in [-0.4, -0.2) is 98.8 Å². The molecule has 1 unspecified atom stereocenters. The number of aliphatic imine (C=N–C) groups is 1. The standard InChI is InChI=1S/C19H37N5O/c1-2-20-19(21-8-12-22-9-5-3-4-6-10-22)24-11-7-18(17-24)23-13-15-25-16-14-23/h18H,2-17H2,1H3,(H,20,21). The van der Waals surface area contributed by atoms with Crippen molar-refractivity contribution in [3.63, 3.8) is 0 Å². The molecule has 6 heteroatoms. The van der Waals surface area contributed by atoms with Crippen LogP contribution in [0.4, 0.5) is 0 Å². The highest BCUT2D eigenvalue weighted by Gasteiger charge is 2.30. The van der Waals surface area contributed by atoms with Gasteiger partial charge in [0, 0.05) is 45.3 Å². The molecule has 0 radical (unpaired) electrons. The molecular weight excluding hydrogens is 314 g/mol. The summed E-state index contributed by atoms with van der Waals surface area (Å²) in [6.07, 6.45) is 6.77. The van der Waals surface area contributed by atoms with Crippen LogP contribution in [-0.2, 0) is 4.74 Å². The molecule has 0 aromatic rings. The maximum atomic E-state index is 5.50. The van der Waals surface area contributed by atoms with Crippen LogP contribution >= 0.6 is 0 Å². The molecule has 3 rings (SSSR count). The maximum absolute atomic E-state index is 5.50. The molecule has 6 nitrogen and oxygen atoms in total. The Kier molecular flexibility index (Phi) is 7.82. The zero-order valence-corrected chi connectivity index (χ0v) is 16.1. The second-order valence-corrected chi connectivity index (χ2v) is 7.53.